The number of nitro benzene ring substituents is 1. The molecule has 0 unspecified atom stereocenters. The molecule has 25 heavy (non-hydrogen) atoms. The highest BCUT2D eigenvalue weighted by molar-refractivity contribution is 6.08. The molecule has 0 saturated heterocycles. The number of carboxylic acid groups (broad SMARTS) is 1. The van der Waals surface area contributed by atoms with E-state index in [1.54, 1.807) is 0 Å². The lowest BCUT2D eigenvalue weighted by Crippen LogP contribution is -2.56. The number of aromatic amines is 1. The van der Waals surface area contributed by atoms with Crippen LogP contribution in [0, 0.1) is 10.1 Å². The van der Waals surface area contributed by atoms with Gasteiger partial charge in [0.2, 0.25) is 0 Å². The van der Waals surface area contributed by atoms with Crippen molar-refractivity contribution in [1.82, 2.24) is 9.88 Å². The molecule has 1 aromatic carbocycles. The Morgan fingerprint density at radius 2 is 1.96 bits per heavy atom. The maximum Gasteiger partial charge on any atom is 0.329 e. The number of H-pyrrole nitrogens is 1. The highest BCUT2D eigenvalue weighted by Gasteiger charge is 2.45. The molecular weight excluding hydrogens is 326 g/mol. The zero-order valence-corrected chi connectivity index (χ0v) is 13.8. The molecule has 0 radical (unpaired) electrons. The Balaban J connectivity index is 2.02. The number of carbonyl (C=O) groups is 2. The standard InChI is InChI=1S/C17H19N3O5/c1-19(17(16(22)23)7-3-2-4-8-17)15(21)13-10-18-14-6-5-11(20(24)25)9-12(13)14/h5-6,9-10,18H,2-4,7-8H2,1H3,(H,22,23). The Morgan fingerprint density at radius 3 is 2.56 bits per heavy atom. The van der Waals surface area contributed by atoms with Crippen LogP contribution in [0.3, 0.4) is 0 Å². The number of benzene rings is 1. The van der Waals surface area contributed by atoms with Crippen LogP contribution in [0.5, 0.6) is 0 Å². The van der Waals surface area contributed by atoms with Crippen LogP contribution in [-0.4, -0.2) is 44.4 Å². The summed E-state index contributed by atoms with van der Waals surface area (Å²) in [7, 11) is 1.50. The van der Waals surface area contributed by atoms with Gasteiger partial charge in [-0.25, -0.2) is 4.79 Å². The molecule has 8 heteroatoms. The minimum absolute atomic E-state index is 0.116. The maximum atomic E-state index is 13.0. The summed E-state index contributed by atoms with van der Waals surface area (Å²) < 4.78 is 0. The molecule has 1 saturated carbocycles. The first-order chi connectivity index (χ1) is 11.9. The number of aromatic nitrogens is 1. The third-order valence-electron chi connectivity index (χ3n) is 5.13. The zero-order chi connectivity index (χ0) is 18.2. The summed E-state index contributed by atoms with van der Waals surface area (Å²) in [4.78, 5) is 39.6. The van der Waals surface area contributed by atoms with Gasteiger partial charge in [-0.1, -0.05) is 19.3 Å². The number of nitrogens with one attached hydrogen (secondary N) is 1. The van der Waals surface area contributed by atoms with Crippen molar-refractivity contribution < 1.29 is 19.6 Å². The van der Waals surface area contributed by atoms with Gasteiger partial charge < -0.3 is 15.0 Å². The SMILES string of the molecule is CN(C(=O)c1c[nH]c2ccc([N+](=O)[O-])cc12)C1(C(=O)O)CCCCC1. The summed E-state index contributed by atoms with van der Waals surface area (Å²) in [5.41, 5.74) is -0.503. The zero-order valence-electron chi connectivity index (χ0n) is 13.8. The highest BCUT2D eigenvalue weighted by atomic mass is 16.6. The molecule has 3 rings (SSSR count). The van der Waals surface area contributed by atoms with Gasteiger partial charge in [0.25, 0.3) is 11.6 Å². The Bertz CT molecular complexity index is 851. The lowest BCUT2D eigenvalue weighted by molar-refractivity contribution is -0.384. The number of aliphatic carboxylic acids is 1. The number of hydrogen-bond acceptors (Lipinski definition) is 4. The van der Waals surface area contributed by atoms with E-state index in [0.29, 0.717) is 23.7 Å². The van der Waals surface area contributed by atoms with Gasteiger partial charge in [-0.3, -0.25) is 14.9 Å². The Hall–Kier alpha value is -2.90. The van der Waals surface area contributed by atoms with Crippen LogP contribution in [0.2, 0.25) is 0 Å². The minimum atomic E-state index is -1.22. The van der Waals surface area contributed by atoms with Crippen LogP contribution in [0.15, 0.2) is 24.4 Å². The van der Waals surface area contributed by atoms with Gasteiger partial charge in [-0.05, 0) is 18.9 Å². The number of rotatable bonds is 4. The second-order valence-electron chi connectivity index (χ2n) is 6.45. The topological polar surface area (TPSA) is 117 Å². The van der Waals surface area contributed by atoms with Gasteiger partial charge >= 0.3 is 5.97 Å². The summed E-state index contributed by atoms with van der Waals surface area (Å²) in [5.74, 6) is -1.45. The largest absolute Gasteiger partial charge is 0.479 e. The number of hydrogen-bond donors (Lipinski definition) is 2. The van der Waals surface area contributed by atoms with Crippen LogP contribution in [0.25, 0.3) is 10.9 Å². The molecule has 1 heterocycles. The molecule has 2 aromatic rings. The van der Waals surface area contributed by atoms with Crippen LogP contribution in [0.4, 0.5) is 5.69 Å². The number of likely N-dealkylation sites (N-methyl/N-ethyl adjacent to an activating group) is 1. The van der Waals surface area contributed by atoms with Gasteiger partial charge in [0.05, 0.1) is 10.5 Å². The minimum Gasteiger partial charge on any atom is -0.479 e. The molecule has 1 aliphatic rings. The first kappa shape index (κ1) is 16.9. The summed E-state index contributed by atoms with van der Waals surface area (Å²) >= 11 is 0. The van der Waals surface area contributed by atoms with Crippen LogP contribution in [-0.2, 0) is 4.79 Å². The van der Waals surface area contributed by atoms with Crippen molar-refractivity contribution >= 4 is 28.5 Å². The fourth-order valence-electron chi connectivity index (χ4n) is 3.60. The normalized spacial score (nSPS) is 16.5. The number of carboxylic acids is 1. The van der Waals surface area contributed by atoms with Gasteiger partial charge in [-0.15, -0.1) is 0 Å². The van der Waals surface area contributed by atoms with Crippen molar-refractivity contribution in [2.45, 2.75) is 37.6 Å². The molecule has 2 N–H and O–H groups in total. The molecule has 1 aliphatic carbocycles. The molecule has 1 fully saturated rings. The van der Waals surface area contributed by atoms with Gasteiger partial charge in [0.1, 0.15) is 5.54 Å². The van der Waals surface area contributed by atoms with E-state index in [2.05, 4.69) is 4.98 Å². The first-order valence-corrected chi connectivity index (χ1v) is 8.14. The predicted octanol–water partition coefficient (Wildman–Crippen LogP) is 2.94. The highest BCUT2D eigenvalue weighted by Crippen LogP contribution is 2.35. The van der Waals surface area contributed by atoms with Crippen LogP contribution in [0.1, 0.15) is 42.5 Å². The summed E-state index contributed by atoms with van der Waals surface area (Å²) in [6, 6.07) is 4.23. The van der Waals surface area contributed by atoms with Crippen molar-refractivity contribution in [1.29, 1.82) is 0 Å². The van der Waals surface area contributed by atoms with E-state index in [0.717, 1.165) is 19.3 Å². The molecule has 132 valence electrons. The van der Waals surface area contributed by atoms with E-state index in [4.69, 9.17) is 0 Å². The van der Waals surface area contributed by atoms with E-state index in [1.165, 1.54) is 36.3 Å². The monoisotopic (exact) mass is 345 g/mol. The number of carbonyl (C=O) groups excluding carboxylic acids is 1. The fourth-order valence-corrected chi connectivity index (χ4v) is 3.60. The van der Waals surface area contributed by atoms with Crippen molar-refractivity contribution in [2.75, 3.05) is 7.05 Å². The second-order valence-corrected chi connectivity index (χ2v) is 6.45. The second kappa shape index (κ2) is 6.19. The van der Waals surface area contributed by atoms with Gasteiger partial charge in [0.15, 0.2) is 0 Å². The Morgan fingerprint density at radius 1 is 1.28 bits per heavy atom. The maximum absolute atomic E-state index is 13.0. The van der Waals surface area contributed by atoms with Gasteiger partial charge in [0, 0.05) is 36.3 Å². The fraction of sp³-hybridized carbons (Fsp3) is 0.412. The first-order valence-electron chi connectivity index (χ1n) is 8.14. The summed E-state index contributed by atoms with van der Waals surface area (Å²) in [6.07, 6.45) is 4.76. The summed E-state index contributed by atoms with van der Waals surface area (Å²) in [6.45, 7) is 0. The lowest BCUT2D eigenvalue weighted by atomic mass is 9.80. The number of nitrogens with zero attached hydrogens (tertiary/aromatic N) is 2. The van der Waals surface area contributed by atoms with Gasteiger partial charge in [-0.2, -0.15) is 0 Å². The molecule has 1 aromatic heterocycles. The van der Waals surface area contributed by atoms with Crippen LogP contribution < -0.4 is 0 Å². The van der Waals surface area contributed by atoms with Crippen molar-refractivity contribution in [3.63, 3.8) is 0 Å². The van der Waals surface area contributed by atoms with E-state index < -0.39 is 22.3 Å². The third-order valence-corrected chi connectivity index (χ3v) is 5.13. The Kier molecular flexibility index (Phi) is 4.20. The third kappa shape index (κ3) is 2.73. The van der Waals surface area contributed by atoms with Crippen molar-refractivity contribution in [3.8, 4) is 0 Å². The molecule has 1 amide bonds. The van der Waals surface area contributed by atoms with Crippen LogP contribution >= 0.6 is 0 Å². The molecule has 0 atom stereocenters. The molecular formula is C17H19N3O5. The average molecular weight is 345 g/mol. The quantitative estimate of drug-likeness (QED) is 0.653. The predicted molar refractivity (Wildman–Crippen MR) is 90.5 cm³/mol. The smallest absolute Gasteiger partial charge is 0.329 e. The number of amides is 1. The van der Waals surface area contributed by atoms with Crippen molar-refractivity contribution in [3.05, 3.63) is 40.1 Å². The van der Waals surface area contributed by atoms with E-state index in [1.807, 2.05) is 0 Å². The van der Waals surface area contributed by atoms with Crippen molar-refractivity contribution in [2.24, 2.45) is 0 Å². The van der Waals surface area contributed by atoms with E-state index in [-0.39, 0.29) is 11.3 Å². The van der Waals surface area contributed by atoms with E-state index in [9.17, 15) is 24.8 Å². The molecule has 0 aliphatic heterocycles. The molecule has 0 spiro atoms. The number of non-ortho nitro benzene ring substituents is 1. The number of nitro groups is 1. The average Bonchev–Trinajstić information content (AvgIpc) is 3.03. The lowest BCUT2D eigenvalue weighted by Gasteiger charge is -2.40. The number of fused-ring (bicyclic) bond motifs is 1. The summed E-state index contributed by atoms with van der Waals surface area (Å²) in [5, 5.41) is 21.2. The molecule has 0 bridgehead atoms. The Labute approximate surface area is 143 Å². The van der Waals surface area contributed by atoms with E-state index >= 15 is 0 Å². The molecule has 8 nitrogen and oxygen atoms in total.